The number of nitrogens with zero attached hydrogens (tertiary/aromatic N) is 6. The Morgan fingerprint density at radius 2 is 1.87 bits per heavy atom. The zero-order chi connectivity index (χ0) is 26.4. The van der Waals surface area contributed by atoms with E-state index in [0.717, 1.165) is 50.3 Å². The van der Waals surface area contributed by atoms with Crippen LogP contribution in [0.5, 0.6) is 0 Å². The van der Waals surface area contributed by atoms with Crippen LogP contribution < -0.4 is 5.32 Å². The Bertz CT molecular complexity index is 1800. The lowest BCUT2D eigenvalue weighted by molar-refractivity contribution is -0.117. The highest BCUT2D eigenvalue weighted by Gasteiger charge is 2.18. The van der Waals surface area contributed by atoms with Crippen LogP contribution in [-0.4, -0.2) is 45.6 Å². The van der Waals surface area contributed by atoms with Crippen LogP contribution in [0, 0.1) is 12.3 Å². The van der Waals surface area contributed by atoms with Gasteiger partial charge in [0, 0.05) is 53.1 Å². The molecular weight excluding hydrogens is 478 g/mol. The molecule has 6 rings (SSSR count). The first-order valence-corrected chi connectivity index (χ1v) is 12.3. The summed E-state index contributed by atoms with van der Waals surface area (Å²) < 4.78 is 1.91. The molecular formula is C28H27N9O. The molecule has 0 radical (unpaired) electrons. The van der Waals surface area contributed by atoms with Crippen molar-refractivity contribution < 1.29 is 4.79 Å². The van der Waals surface area contributed by atoms with Crippen LogP contribution in [0.3, 0.4) is 0 Å². The second kappa shape index (κ2) is 8.91. The van der Waals surface area contributed by atoms with Gasteiger partial charge in [-0.3, -0.25) is 19.4 Å². The second-order valence-electron chi connectivity index (χ2n) is 10.6. The van der Waals surface area contributed by atoms with Gasteiger partial charge >= 0.3 is 0 Å². The predicted molar refractivity (Wildman–Crippen MR) is 147 cm³/mol. The summed E-state index contributed by atoms with van der Waals surface area (Å²) in [4.78, 5) is 33.7. The van der Waals surface area contributed by atoms with Crippen molar-refractivity contribution in [3.05, 3.63) is 67.3 Å². The number of aromatic nitrogens is 8. The molecule has 1 amide bonds. The largest absolute Gasteiger partial charge is 0.353 e. The Kier molecular flexibility index (Phi) is 5.52. The lowest BCUT2D eigenvalue weighted by atomic mass is 9.92. The third-order valence-electron chi connectivity index (χ3n) is 6.20. The summed E-state index contributed by atoms with van der Waals surface area (Å²) in [5.41, 5.74) is 6.40. The number of imidazole rings is 1. The molecule has 0 aliphatic heterocycles. The van der Waals surface area contributed by atoms with Gasteiger partial charge in [0.2, 0.25) is 5.91 Å². The smallest absolute Gasteiger partial charge is 0.224 e. The standard InChI is InChI=1S/C28H27N9O/c1-16-14-37(15-32-16)27-20-9-23(34-22(20)5-6-30-27)25-21-8-18(12-31-26(21)36-35-25)17-7-19(13-29-11-17)33-24(38)10-28(2,3)4/h5-9,11-15,34H,10H2,1-4H3,(H,33,38)(H,31,35,36). The SMILES string of the molecule is Cc1cn(-c2nccc3[nH]c(-c4n[nH]c5ncc(-c6cncc(NC(=O)CC(C)(C)C)c6)cc45)cc23)cn1. The average Bonchev–Trinajstić information content (AvgIpc) is 3.60. The van der Waals surface area contributed by atoms with E-state index in [0.29, 0.717) is 17.8 Å². The summed E-state index contributed by atoms with van der Waals surface area (Å²) >= 11 is 0. The van der Waals surface area contributed by atoms with Gasteiger partial charge in [0.25, 0.3) is 0 Å². The van der Waals surface area contributed by atoms with Gasteiger partial charge in [0.15, 0.2) is 5.65 Å². The maximum atomic E-state index is 12.4. The Labute approximate surface area is 218 Å². The van der Waals surface area contributed by atoms with E-state index in [-0.39, 0.29) is 11.3 Å². The number of carbonyl (C=O) groups is 1. The lowest BCUT2D eigenvalue weighted by Crippen LogP contribution is -2.19. The minimum Gasteiger partial charge on any atom is -0.353 e. The first-order chi connectivity index (χ1) is 18.2. The maximum absolute atomic E-state index is 12.4. The zero-order valence-electron chi connectivity index (χ0n) is 21.6. The Hall–Kier alpha value is -4.86. The summed E-state index contributed by atoms with van der Waals surface area (Å²) in [6, 6.07) is 7.92. The summed E-state index contributed by atoms with van der Waals surface area (Å²) in [5.74, 6) is 0.751. The van der Waals surface area contributed by atoms with E-state index in [1.54, 1.807) is 31.1 Å². The van der Waals surface area contributed by atoms with Crippen LogP contribution in [0.15, 0.2) is 61.6 Å². The van der Waals surface area contributed by atoms with Crippen LogP contribution in [0.4, 0.5) is 5.69 Å². The highest BCUT2D eigenvalue weighted by atomic mass is 16.1. The molecule has 190 valence electrons. The molecule has 0 aromatic carbocycles. The van der Waals surface area contributed by atoms with Gasteiger partial charge in [0.1, 0.15) is 17.8 Å². The van der Waals surface area contributed by atoms with E-state index in [1.807, 2.05) is 62.7 Å². The Morgan fingerprint density at radius 3 is 2.66 bits per heavy atom. The van der Waals surface area contributed by atoms with Crippen LogP contribution in [0.2, 0.25) is 0 Å². The molecule has 0 bridgehead atoms. The molecule has 0 aliphatic rings. The topological polar surface area (TPSA) is 130 Å². The van der Waals surface area contributed by atoms with Crippen molar-refractivity contribution in [3.8, 4) is 28.3 Å². The van der Waals surface area contributed by atoms with E-state index < -0.39 is 0 Å². The molecule has 3 N–H and O–H groups in total. The molecule has 10 nitrogen and oxygen atoms in total. The van der Waals surface area contributed by atoms with Gasteiger partial charge in [0.05, 0.1) is 28.8 Å². The van der Waals surface area contributed by atoms with E-state index in [1.165, 1.54) is 0 Å². The normalized spacial score (nSPS) is 11.9. The van der Waals surface area contributed by atoms with Gasteiger partial charge in [-0.1, -0.05) is 20.8 Å². The average molecular weight is 506 g/mol. The quantitative estimate of drug-likeness (QED) is 0.286. The number of carbonyl (C=O) groups excluding carboxylic acids is 1. The first-order valence-electron chi connectivity index (χ1n) is 12.3. The van der Waals surface area contributed by atoms with Crippen molar-refractivity contribution in [1.82, 2.24) is 39.7 Å². The number of aryl methyl sites for hydroxylation is 1. The molecule has 0 atom stereocenters. The second-order valence-corrected chi connectivity index (χ2v) is 10.6. The summed E-state index contributed by atoms with van der Waals surface area (Å²) in [6.45, 7) is 8.06. The fourth-order valence-corrected chi connectivity index (χ4v) is 4.53. The fourth-order valence-electron chi connectivity index (χ4n) is 4.53. The number of H-pyrrole nitrogens is 2. The number of rotatable bonds is 5. The van der Waals surface area contributed by atoms with Crippen molar-refractivity contribution in [2.45, 2.75) is 34.1 Å². The summed E-state index contributed by atoms with van der Waals surface area (Å²) in [6.07, 6.45) is 11.1. The summed E-state index contributed by atoms with van der Waals surface area (Å²) in [5, 5.41) is 12.4. The number of hydrogen-bond acceptors (Lipinski definition) is 6. The number of nitrogens with one attached hydrogen (secondary N) is 3. The van der Waals surface area contributed by atoms with Gasteiger partial charge in [-0.25, -0.2) is 15.0 Å². The van der Waals surface area contributed by atoms with Crippen LogP contribution >= 0.6 is 0 Å². The van der Waals surface area contributed by atoms with Gasteiger partial charge < -0.3 is 10.3 Å². The Morgan fingerprint density at radius 1 is 1.03 bits per heavy atom. The van der Waals surface area contributed by atoms with Gasteiger partial charge in [-0.05, 0) is 36.6 Å². The maximum Gasteiger partial charge on any atom is 0.224 e. The fraction of sp³-hybridized carbons (Fsp3) is 0.214. The number of anilines is 1. The predicted octanol–water partition coefficient (Wildman–Crippen LogP) is 5.43. The third-order valence-corrected chi connectivity index (χ3v) is 6.20. The molecule has 6 heterocycles. The van der Waals surface area contributed by atoms with E-state index in [4.69, 9.17) is 0 Å². The molecule has 6 aromatic heterocycles. The number of hydrogen-bond donors (Lipinski definition) is 3. The van der Waals surface area contributed by atoms with E-state index in [9.17, 15) is 4.79 Å². The van der Waals surface area contributed by atoms with Crippen molar-refractivity contribution >= 4 is 33.5 Å². The minimum absolute atomic E-state index is 0.0410. The molecule has 10 heteroatoms. The van der Waals surface area contributed by atoms with Crippen molar-refractivity contribution in [2.24, 2.45) is 5.41 Å². The van der Waals surface area contributed by atoms with Crippen molar-refractivity contribution in [3.63, 3.8) is 0 Å². The molecule has 0 saturated heterocycles. The van der Waals surface area contributed by atoms with E-state index in [2.05, 4.69) is 40.4 Å². The number of pyridine rings is 3. The van der Waals surface area contributed by atoms with Crippen molar-refractivity contribution in [1.29, 1.82) is 0 Å². The van der Waals surface area contributed by atoms with Gasteiger partial charge in [-0.15, -0.1) is 0 Å². The molecule has 38 heavy (non-hydrogen) atoms. The molecule has 0 spiro atoms. The minimum atomic E-state index is -0.0983. The highest BCUT2D eigenvalue weighted by Crippen LogP contribution is 2.32. The van der Waals surface area contributed by atoms with Crippen molar-refractivity contribution in [2.75, 3.05) is 5.32 Å². The highest BCUT2D eigenvalue weighted by molar-refractivity contribution is 5.98. The monoisotopic (exact) mass is 505 g/mol. The molecule has 6 aromatic rings. The Balaban J connectivity index is 1.36. The van der Waals surface area contributed by atoms with Gasteiger partial charge in [-0.2, -0.15) is 5.10 Å². The van der Waals surface area contributed by atoms with E-state index >= 15 is 0 Å². The molecule has 0 unspecified atom stereocenters. The number of fused-ring (bicyclic) bond motifs is 2. The van der Waals surface area contributed by atoms with Crippen LogP contribution in [0.1, 0.15) is 32.9 Å². The van der Waals surface area contributed by atoms with Crippen LogP contribution in [0.25, 0.3) is 50.3 Å². The molecule has 0 aliphatic carbocycles. The number of aromatic amines is 2. The first kappa shape index (κ1) is 23.5. The van der Waals surface area contributed by atoms with Crippen LogP contribution in [-0.2, 0) is 4.79 Å². The zero-order valence-corrected chi connectivity index (χ0v) is 21.6. The molecule has 0 saturated carbocycles. The molecule has 0 fully saturated rings. The number of amides is 1. The third kappa shape index (κ3) is 4.52. The lowest BCUT2D eigenvalue weighted by Gasteiger charge is -2.17. The summed E-state index contributed by atoms with van der Waals surface area (Å²) in [7, 11) is 0.